The van der Waals surface area contributed by atoms with E-state index in [2.05, 4.69) is 10.2 Å². The summed E-state index contributed by atoms with van der Waals surface area (Å²) in [6.07, 6.45) is 0. The van der Waals surface area contributed by atoms with E-state index in [9.17, 15) is 8.76 Å². The second-order valence-electron chi connectivity index (χ2n) is 3.27. The number of anilines is 1. The fourth-order valence-corrected chi connectivity index (χ4v) is 2.46. The lowest BCUT2D eigenvalue weighted by molar-refractivity contribution is -0.637. The molecule has 0 amide bonds. The molecule has 0 aromatic heterocycles. The number of hydrogen-bond donors (Lipinski definition) is 2. The smallest absolute Gasteiger partial charge is 0.398 e. The van der Waals surface area contributed by atoms with E-state index in [1.54, 1.807) is 30.3 Å². The number of nitrogens with two attached hydrogens (primary N) is 1. The zero-order valence-corrected chi connectivity index (χ0v) is 9.20. The standard InChI is InChI=1S/C10H11N2O3S/c11-8-5-1-3-7-4-2-6-9(10(7)8)16(13,14)15-12/h1-6H,11H2,12H3/q+2. The number of fused-ring (bicyclic) bond motifs is 1. The van der Waals surface area contributed by atoms with Crippen molar-refractivity contribution >= 4 is 27.0 Å². The van der Waals surface area contributed by atoms with Gasteiger partial charge in [-0.05, 0) is 15.7 Å². The molecule has 1 atom stereocenters. The van der Waals surface area contributed by atoms with Crippen molar-refractivity contribution in [2.24, 2.45) is 0 Å². The number of rotatable bonds is 2. The maximum absolute atomic E-state index is 11.6. The molecule has 0 spiro atoms. The van der Waals surface area contributed by atoms with E-state index in [-0.39, 0.29) is 4.90 Å². The molecule has 0 aliphatic rings. The van der Waals surface area contributed by atoms with Gasteiger partial charge in [-0.25, -0.2) is 0 Å². The molecule has 2 aromatic rings. The first-order chi connectivity index (χ1) is 7.56. The topological polar surface area (TPSA) is 99.9 Å². The molecule has 0 aliphatic heterocycles. The van der Waals surface area contributed by atoms with Gasteiger partial charge in [0.25, 0.3) is 0 Å². The summed E-state index contributed by atoms with van der Waals surface area (Å²) in [6.45, 7) is 0. The van der Waals surface area contributed by atoms with Crippen LogP contribution in [0.15, 0.2) is 41.3 Å². The molecule has 2 aromatic carbocycles. The lowest BCUT2D eigenvalue weighted by atomic mass is 10.1. The van der Waals surface area contributed by atoms with Crippen molar-refractivity contribution in [3.05, 3.63) is 36.4 Å². The predicted octanol–water partition coefficient (Wildman–Crippen LogP) is 0.714. The minimum absolute atomic E-state index is 0.0399. The van der Waals surface area contributed by atoms with E-state index in [4.69, 9.17) is 5.73 Å². The van der Waals surface area contributed by atoms with Crippen LogP contribution in [0.1, 0.15) is 0 Å². The molecule has 0 saturated heterocycles. The third kappa shape index (κ3) is 1.68. The Labute approximate surface area is 93.4 Å². The quantitative estimate of drug-likeness (QED) is 0.458. The molecule has 1 unspecified atom stereocenters. The second-order valence-corrected chi connectivity index (χ2v) is 4.86. The van der Waals surface area contributed by atoms with E-state index in [1.165, 1.54) is 6.07 Å². The van der Waals surface area contributed by atoms with Crippen molar-refractivity contribution < 1.29 is 18.9 Å². The Bertz CT molecular complexity index is 580. The van der Waals surface area contributed by atoms with Gasteiger partial charge >= 0.3 is 10.5 Å². The Balaban J connectivity index is 2.86. The van der Waals surface area contributed by atoms with Gasteiger partial charge in [-0.15, -0.1) is 0 Å². The van der Waals surface area contributed by atoms with E-state index in [0.29, 0.717) is 11.1 Å². The number of quaternary nitrogens is 1. The highest BCUT2D eigenvalue weighted by Crippen LogP contribution is 2.30. The normalized spacial score (nSPS) is 14.9. The molecule has 16 heavy (non-hydrogen) atoms. The average molecular weight is 239 g/mol. The van der Waals surface area contributed by atoms with E-state index >= 15 is 0 Å². The zero-order chi connectivity index (χ0) is 11.8. The van der Waals surface area contributed by atoms with E-state index in [1.807, 2.05) is 0 Å². The third-order valence-corrected chi connectivity index (χ3v) is 3.51. The number of nitrogen functional groups attached to an aromatic ring is 1. The Morgan fingerprint density at radius 2 is 1.81 bits per heavy atom. The highest BCUT2D eigenvalue weighted by atomic mass is 32.3. The summed E-state index contributed by atoms with van der Waals surface area (Å²) in [5, 5.41) is 1.21. The summed E-state index contributed by atoms with van der Waals surface area (Å²) in [4.78, 5) is 0.0399. The van der Waals surface area contributed by atoms with Gasteiger partial charge in [-0.1, -0.05) is 24.3 Å². The predicted molar refractivity (Wildman–Crippen MR) is 59.3 cm³/mol. The molecule has 5 nitrogen and oxygen atoms in total. The lowest BCUT2D eigenvalue weighted by Gasteiger charge is -2.03. The summed E-state index contributed by atoms with van der Waals surface area (Å²) in [6, 6.07) is 10.1. The maximum atomic E-state index is 11.6. The zero-order valence-electron chi connectivity index (χ0n) is 8.38. The SMILES string of the molecule is Nc1cccc2cccc([S+]([O])(=O)O[NH3+])c12. The van der Waals surface area contributed by atoms with Gasteiger partial charge in [0.2, 0.25) is 4.90 Å². The van der Waals surface area contributed by atoms with Crippen LogP contribution in [0, 0.1) is 0 Å². The van der Waals surface area contributed by atoms with Gasteiger partial charge in [0.05, 0.1) is 14.2 Å². The van der Waals surface area contributed by atoms with E-state index in [0.717, 1.165) is 5.39 Å². The van der Waals surface area contributed by atoms with Crippen molar-refractivity contribution in [1.82, 2.24) is 0 Å². The van der Waals surface area contributed by atoms with Crippen molar-refractivity contribution in [3.63, 3.8) is 0 Å². The van der Waals surface area contributed by atoms with Crippen LogP contribution in [0.25, 0.3) is 10.8 Å². The van der Waals surface area contributed by atoms with Gasteiger partial charge in [0, 0.05) is 11.8 Å². The van der Waals surface area contributed by atoms with Crippen LogP contribution in [0.2, 0.25) is 0 Å². The fraction of sp³-hybridized carbons (Fsp3) is 0. The minimum atomic E-state index is -3.84. The summed E-state index contributed by atoms with van der Waals surface area (Å²) < 4.78 is 27.5. The van der Waals surface area contributed by atoms with Gasteiger partial charge < -0.3 is 5.73 Å². The molecular formula is C10H11N2O3S+2. The van der Waals surface area contributed by atoms with Crippen molar-refractivity contribution in [2.75, 3.05) is 5.73 Å². The van der Waals surface area contributed by atoms with Crippen LogP contribution in [0.4, 0.5) is 5.69 Å². The molecule has 1 radical (unpaired) electrons. The molecule has 5 N–H and O–H groups in total. The molecule has 2 rings (SSSR count). The second kappa shape index (κ2) is 3.84. The molecule has 6 heteroatoms. The summed E-state index contributed by atoms with van der Waals surface area (Å²) in [5.74, 6) is 2.94. The molecule has 0 saturated carbocycles. The van der Waals surface area contributed by atoms with Crippen LogP contribution in [0.5, 0.6) is 0 Å². The molecule has 0 aliphatic carbocycles. The average Bonchev–Trinajstić information content (AvgIpc) is 2.29. The number of benzene rings is 2. The number of hydrogen-bond acceptors (Lipinski definition) is 3. The van der Waals surface area contributed by atoms with Gasteiger partial charge in [-0.2, -0.15) is 5.90 Å². The highest BCUT2D eigenvalue weighted by molar-refractivity contribution is 7.93. The van der Waals surface area contributed by atoms with Gasteiger partial charge in [0.15, 0.2) is 0 Å². The van der Waals surface area contributed by atoms with Gasteiger partial charge in [-0.3, -0.25) is 0 Å². The first-order valence-electron chi connectivity index (χ1n) is 4.52. The van der Waals surface area contributed by atoms with Crippen molar-refractivity contribution in [1.29, 1.82) is 0 Å². The third-order valence-electron chi connectivity index (χ3n) is 2.32. The Morgan fingerprint density at radius 1 is 1.19 bits per heavy atom. The van der Waals surface area contributed by atoms with Crippen molar-refractivity contribution in [3.8, 4) is 0 Å². The molecule has 0 bridgehead atoms. The Kier molecular flexibility index (Phi) is 2.64. The molecule has 83 valence electrons. The lowest BCUT2D eigenvalue weighted by Crippen LogP contribution is -2.52. The monoisotopic (exact) mass is 239 g/mol. The minimum Gasteiger partial charge on any atom is -0.398 e. The molecule has 0 heterocycles. The van der Waals surface area contributed by atoms with Crippen LogP contribution < -0.4 is 11.6 Å². The van der Waals surface area contributed by atoms with Crippen molar-refractivity contribution in [2.45, 2.75) is 4.90 Å². The largest absolute Gasteiger partial charge is 0.483 e. The Morgan fingerprint density at radius 3 is 2.44 bits per heavy atom. The molecule has 0 fully saturated rings. The summed E-state index contributed by atoms with van der Waals surface area (Å²) >= 11 is 0. The summed E-state index contributed by atoms with van der Waals surface area (Å²) in [7, 11) is -3.84. The van der Waals surface area contributed by atoms with Crippen LogP contribution in [0.3, 0.4) is 0 Å². The van der Waals surface area contributed by atoms with Crippen LogP contribution in [-0.2, 0) is 23.5 Å². The maximum Gasteiger partial charge on any atom is 0.483 e. The first kappa shape index (κ1) is 11.0. The highest BCUT2D eigenvalue weighted by Gasteiger charge is 2.39. The van der Waals surface area contributed by atoms with Crippen LogP contribution >= 0.6 is 0 Å². The van der Waals surface area contributed by atoms with E-state index < -0.39 is 10.5 Å². The van der Waals surface area contributed by atoms with Gasteiger partial charge in [0.1, 0.15) is 0 Å². The van der Waals surface area contributed by atoms with Crippen LogP contribution in [-0.4, -0.2) is 0 Å². The first-order valence-corrected chi connectivity index (χ1v) is 5.93. The fourth-order valence-electron chi connectivity index (χ4n) is 1.61. The summed E-state index contributed by atoms with van der Waals surface area (Å²) in [5.41, 5.74) is 6.16. The Hall–Kier alpha value is -1.47. The molecular weight excluding hydrogens is 228 g/mol.